The summed E-state index contributed by atoms with van der Waals surface area (Å²) in [6, 6.07) is 6.71. The largest absolute Gasteiger partial charge is 0.381 e. The minimum absolute atomic E-state index is 0.180. The van der Waals surface area contributed by atoms with Crippen LogP contribution in [0, 0.1) is 5.92 Å². The van der Waals surface area contributed by atoms with Crippen LogP contribution in [0.5, 0.6) is 0 Å². The van der Waals surface area contributed by atoms with Crippen molar-refractivity contribution < 1.29 is 13.2 Å². The van der Waals surface area contributed by atoms with Gasteiger partial charge < -0.3 is 10.5 Å². The first kappa shape index (κ1) is 16.4. The molecule has 1 aliphatic heterocycles. The van der Waals surface area contributed by atoms with Crippen LogP contribution in [0.1, 0.15) is 31.4 Å². The zero-order valence-corrected chi connectivity index (χ0v) is 13.5. The first-order valence-corrected chi connectivity index (χ1v) is 8.75. The maximum absolute atomic E-state index is 12.6. The minimum Gasteiger partial charge on any atom is -0.381 e. The number of nitrogens with zero attached hydrogens (tertiary/aromatic N) is 1. The zero-order chi connectivity index (χ0) is 15.5. The Bertz CT molecular complexity index is 566. The van der Waals surface area contributed by atoms with Crippen LogP contribution in [-0.2, 0) is 14.8 Å². The molecule has 0 spiro atoms. The Labute approximate surface area is 127 Å². The van der Waals surface area contributed by atoms with Gasteiger partial charge in [0, 0.05) is 32.8 Å². The van der Waals surface area contributed by atoms with Gasteiger partial charge in [-0.2, -0.15) is 0 Å². The summed E-state index contributed by atoms with van der Waals surface area (Å²) < 4.78 is 32.0. The summed E-state index contributed by atoms with van der Waals surface area (Å²) in [4.78, 5) is 0.312. The monoisotopic (exact) mass is 312 g/mol. The fourth-order valence-electron chi connectivity index (χ4n) is 2.53. The van der Waals surface area contributed by atoms with Gasteiger partial charge in [-0.05, 0) is 43.4 Å². The maximum Gasteiger partial charge on any atom is 0.242 e. The van der Waals surface area contributed by atoms with E-state index in [1.54, 1.807) is 25.2 Å². The number of benzene rings is 1. The van der Waals surface area contributed by atoms with Crippen molar-refractivity contribution >= 4 is 10.0 Å². The number of ether oxygens (including phenoxy) is 1. The van der Waals surface area contributed by atoms with E-state index in [0.29, 0.717) is 17.4 Å². The molecule has 21 heavy (non-hydrogen) atoms. The Morgan fingerprint density at radius 2 is 2.05 bits per heavy atom. The first-order valence-electron chi connectivity index (χ1n) is 7.31. The molecule has 1 aromatic carbocycles. The molecular formula is C15H24N2O3S. The van der Waals surface area contributed by atoms with Gasteiger partial charge in [-0.3, -0.25) is 0 Å². The molecule has 2 rings (SSSR count). The fraction of sp³-hybridized carbons (Fsp3) is 0.600. The van der Waals surface area contributed by atoms with Crippen molar-refractivity contribution in [1.82, 2.24) is 4.31 Å². The van der Waals surface area contributed by atoms with E-state index < -0.39 is 10.0 Å². The van der Waals surface area contributed by atoms with Crippen LogP contribution in [0.4, 0.5) is 0 Å². The summed E-state index contributed by atoms with van der Waals surface area (Å²) in [5, 5.41) is 0. The Balaban J connectivity index is 2.14. The standard InChI is InChI=1S/C15H24N2O3S/c1-12(16)14-4-3-5-15(10-14)21(18,19)17(2)11-13-6-8-20-9-7-13/h3-5,10,12-13H,6-9,11,16H2,1-2H3. The van der Waals surface area contributed by atoms with E-state index in [1.807, 2.05) is 13.0 Å². The number of hydrogen-bond acceptors (Lipinski definition) is 4. The van der Waals surface area contributed by atoms with Crippen molar-refractivity contribution in [2.45, 2.75) is 30.7 Å². The first-order chi connectivity index (χ1) is 9.91. The van der Waals surface area contributed by atoms with Crippen LogP contribution in [-0.4, -0.2) is 39.5 Å². The molecule has 1 heterocycles. The number of nitrogens with two attached hydrogens (primary N) is 1. The van der Waals surface area contributed by atoms with Crippen molar-refractivity contribution in [2.24, 2.45) is 11.7 Å². The maximum atomic E-state index is 12.6. The van der Waals surface area contributed by atoms with Gasteiger partial charge in [0.1, 0.15) is 0 Å². The predicted molar refractivity (Wildman–Crippen MR) is 82.4 cm³/mol. The Morgan fingerprint density at radius 3 is 2.67 bits per heavy atom. The van der Waals surface area contributed by atoms with E-state index in [2.05, 4.69) is 0 Å². The second-order valence-corrected chi connectivity index (χ2v) is 7.75. The average Bonchev–Trinajstić information content (AvgIpc) is 2.48. The molecule has 0 bridgehead atoms. The summed E-state index contributed by atoms with van der Waals surface area (Å²) in [7, 11) is -1.82. The van der Waals surface area contributed by atoms with E-state index >= 15 is 0 Å². The molecule has 0 amide bonds. The summed E-state index contributed by atoms with van der Waals surface area (Å²) in [5.74, 6) is 0.370. The van der Waals surface area contributed by atoms with Crippen molar-refractivity contribution in [3.63, 3.8) is 0 Å². The quantitative estimate of drug-likeness (QED) is 0.899. The molecule has 1 unspecified atom stereocenters. The molecule has 6 heteroatoms. The highest BCUT2D eigenvalue weighted by molar-refractivity contribution is 7.89. The van der Waals surface area contributed by atoms with Crippen molar-refractivity contribution in [2.75, 3.05) is 26.8 Å². The highest BCUT2D eigenvalue weighted by Gasteiger charge is 2.25. The lowest BCUT2D eigenvalue weighted by Crippen LogP contribution is -2.34. The summed E-state index contributed by atoms with van der Waals surface area (Å²) >= 11 is 0. The molecule has 0 radical (unpaired) electrons. The third-order valence-electron chi connectivity index (χ3n) is 3.95. The second-order valence-electron chi connectivity index (χ2n) is 5.70. The normalized spacial score (nSPS) is 18.9. The number of rotatable bonds is 5. The number of hydrogen-bond donors (Lipinski definition) is 1. The van der Waals surface area contributed by atoms with E-state index in [4.69, 9.17) is 10.5 Å². The third-order valence-corrected chi connectivity index (χ3v) is 5.77. The van der Waals surface area contributed by atoms with Crippen LogP contribution in [0.15, 0.2) is 29.2 Å². The topological polar surface area (TPSA) is 72.6 Å². The van der Waals surface area contributed by atoms with Gasteiger partial charge in [0.05, 0.1) is 4.90 Å². The van der Waals surface area contributed by atoms with E-state index in [0.717, 1.165) is 31.6 Å². The molecule has 1 saturated heterocycles. The van der Waals surface area contributed by atoms with Gasteiger partial charge >= 0.3 is 0 Å². The van der Waals surface area contributed by atoms with E-state index in [-0.39, 0.29) is 6.04 Å². The van der Waals surface area contributed by atoms with Crippen molar-refractivity contribution in [1.29, 1.82) is 0 Å². The van der Waals surface area contributed by atoms with E-state index in [1.165, 1.54) is 4.31 Å². The lowest BCUT2D eigenvalue weighted by molar-refractivity contribution is 0.0620. The molecule has 0 aromatic heterocycles. The second kappa shape index (κ2) is 6.87. The molecule has 1 aromatic rings. The Kier molecular flexibility index (Phi) is 5.37. The third kappa shape index (κ3) is 4.03. The van der Waals surface area contributed by atoms with Crippen molar-refractivity contribution in [3.05, 3.63) is 29.8 Å². The number of sulfonamides is 1. The highest BCUT2D eigenvalue weighted by Crippen LogP contribution is 2.22. The lowest BCUT2D eigenvalue weighted by atomic mass is 10.0. The van der Waals surface area contributed by atoms with Crippen LogP contribution < -0.4 is 5.73 Å². The molecule has 2 N–H and O–H groups in total. The molecule has 5 nitrogen and oxygen atoms in total. The Hall–Kier alpha value is -0.950. The van der Waals surface area contributed by atoms with E-state index in [9.17, 15) is 8.42 Å². The Morgan fingerprint density at radius 1 is 1.38 bits per heavy atom. The van der Waals surface area contributed by atoms with Gasteiger partial charge in [0.15, 0.2) is 0 Å². The van der Waals surface area contributed by atoms with Gasteiger partial charge in [0.2, 0.25) is 10.0 Å². The molecular weight excluding hydrogens is 288 g/mol. The fourth-order valence-corrected chi connectivity index (χ4v) is 3.83. The highest BCUT2D eigenvalue weighted by atomic mass is 32.2. The van der Waals surface area contributed by atoms with Gasteiger partial charge in [-0.15, -0.1) is 0 Å². The van der Waals surface area contributed by atoms with Crippen LogP contribution in [0.2, 0.25) is 0 Å². The average molecular weight is 312 g/mol. The summed E-state index contributed by atoms with van der Waals surface area (Å²) in [6.07, 6.45) is 1.83. The minimum atomic E-state index is -3.46. The lowest BCUT2D eigenvalue weighted by Gasteiger charge is -2.26. The van der Waals surface area contributed by atoms with Crippen molar-refractivity contribution in [3.8, 4) is 0 Å². The smallest absolute Gasteiger partial charge is 0.242 e. The van der Waals surface area contributed by atoms with Gasteiger partial charge in [-0.1, -0.05) is 12.1 Å². The summed E-state index contributed by atoms with van der Waals surface area (Å²) in [5.41, 5.74) is 6.66. The molecule has 1 aliphatic rings. The molecule has 1 atom stereocenters. The SMILES string of the molecule is CC(N)c1cccc(S(=O)(=O)N(C)CC2CCOCC2)c1. The molecule has 118 valence electrons. The zero-order valence-electron chi connectivity index (χ0n) is 12.7. The molecule has 0 aliphatic carbocycles. The van der Waals surface area contributed by atoms with Crippen LogP contribution >= 0.6 is 0 Å². The predicted octanol–water partition coefficient (Wildman–Crippen LogP) is 1.75. The van der Waals surface area contributed by atoms with Crippen LogP contribution in [0.25, 0.3) is 0 Å². The summed E-state index contributed by atoms with van der Waals surface area (Å²) in [6.45, 7) is 3.82. The van der Waals surface area contributed by atoms with Gasteiger partial charge in [0.25, 0.3) is 0 Å². The van der Waals surface area contributed by atoms with Crippen LogP contribution in [0.3, 0.4) is 0 Å². The van der Waals surface area contributed by atoms with Gasteiger partial charge in [-0.25, -0.2) is 12.7 Å². The molecule has 0 saturated carbocycles. The molecule has 1 fully saturated rings.